The molecule has 0 saturated carbocycles. The highest BCUT2D eigenvalue weighted by atomic mass is 16.5. The molecule has 0 bridgehead atoms. The average Bonchev–Trinajstić information content (AvgIpc) is 2.48. The van der Waals surface area contributed by atoms with Crippen LogP contribution in [0.3, 0.4) is 0 Å². The summed E-state index contributed by atoms with van der Waals surface area (Å²) in [5.74, 6) is -0.961. The lowest BCUT2D eigenvalue weighted by atomic mass is 10.2. The molecule has 112 valence electrons. The Balaban J connectivity index is 1.92. The number of aromatic hydroxyl groups is 3. The summed E-state index contributed by atoms with van der Waals surface area (Å²) in [6.07, 6.45) is 5.40. The minimum Gasteiger partial charge on any atom is -0.508 e. The van der Waals surface area contributed by atoms with Gasteiger partial charge in [-0.05, 0) is 47.5 Å². The summed E-state index contributed by atoms with van der Waals surface area (Å²) in [6, 6.07) is 10.7. The first-order valence-corrected chi connectivity index (χ1v) is 6.41. The summed E-state index contributed by atoms with van der Waals surface area (Å²) >= 11 is 0. The maximum atomic E-state index is 11.5. The van der Waals surface area contributed by atoms with Gasteiger partial charge in [0.15, 0.2) is 11.5 Å². The van der Waals surface area contributed by atoms with Crippen molar-refractivity contribution in [1.82, 2.24) is 0 Å². The number of carbonyl (C=O) groups is 1. The lowest BCUT2D eigenvalue weighted by molar-refractivity contribution is -0.132. The van der Waals surface area contributed by atoms with Crippen molar-refractivity contribution in [3.63, 3.8) is 0 Å². The summed E-state index contributed by atoms with van der Waals surface area (Å²) in [5, 5.41) is 27.8. The van der Waals surface area contributed by atoms with E-state index in [4.69, 9.17) is 4.74 Å². The monoisotopic (exact) mass is 298 g/mol. The van der Waals surface area contributed by atoms with Crippen LogP contribution < -0.4 is 0 Å². The quantitative estimate of drug-likeness (QED) is 0.349. The van der Waals surface area contributed by atoms with Gasteiger partial charge in [-0.15, -0.1) is 0 Å². The number of phenolic OH excluding ortho intramolecular Hbond substituents is 3. The molecule has 3 N–H and O–H groups in total. The van der Waals surface area contributed by atoms with Crippen molar-refractivity contribution >= 4 is 18.1 Å². The molecule has 2 aromatic rings. The van der Waals surface area contributed by atoms with Crippen molar-refractivity contribution in [2.24, 2.45) is 0 Å². The molecule has 0 atom stereocenters. The third kappa shape index (κ3) is 4.42. The highest BCUT2D eigenvalue weighted by Crippen LogP contribution is 2.25. The van der Waals surface area contributed by atoms with Gasteiger partial charge in [0.2, 0.25) is 0 Å². The van der Waals surface area contributed by atoms with Gasteiger partial charge in [0.1, 0.15) is 5.75 Å². The predicted molar refractivity (Wildman–Crippen MR) is 82.0 cm³/mol. The number of rotatable bonds is 4. The van der Waals surface area contributed by atoms with Gasteiger partial charge in [0.05, 0.1) is 6.26 Å². The van der Waals surface area contributed by atoms with Crippen LogP contribution in [0.2, 0.25) is 0 Å². The normalized spacial score (nSPS) is 11.1. The second-order valence-corrected chi connectivity index (χ2v) is 4.42. The second-order valence-electron chi connectivity index (χ2n) is 4.42. The third-order valence-electron chi connectivity index (χ3n) is 2.73. The maximum Gasteiger partial charge on any atom is 0.335 e. The van der Waals surface area contributed by atoms with Crippen LogP contribution in [0.4, 0.5) is 0 Å². The molecule has 0 aliphatic rings. The second kappa shape index (κ2) is 6.99. The molecule has 5 heteroatoms. The number of benzene rings is 2. The fourth-order valence-corrected chi connectivity index (χ4v) is 1.66. The molecule has 2 aromatic carbocycles. The molecule has 0 saturated heterocycles. The Morgan fingerprint density at radius 1 is 0.909 bits per heavy atom. The first kappa shape index (κ1) is 15.2. The summed E-state index contributed by atoms with van der Waals surface area (Å²) in [7, 11) is 0. The number of phenols is 3. The van der Waals surface area contributed by atoms with Gasteiger partial charge in [0, 0.05) is 6.08 Å². The van der Waals surface area contributed by atoms with Crippen molar-refractivity contribution < 1.29 is 24.9 Å². The number of hydrogen-bond donors (Lipinski definition) is 3. The van der Waals surface area contributed by atoms with Crippen LogP contribution in [-0.2, 0) is 9.53 Å². The zero-order valence-corrected chi connectivity index (χ0v) is 11.5. The Morgan fingerprint density at radius 2 is 1.68 bits per heavy atom. The van der Waals surface area contributed by atoms with E-state index in [9.17, 15) is 20.1 Å². The molecular formula is C17H14O5. The molecule has 0 amide bonds. The Labute approximate surface area is 127 Å². The van der Waals surface area contributed by atoms with Crippen LogP contribution in [0.15, 0.2) is 54.8 Å². The van der Waals surface area contributed by atoms with E-state index in [0.29, 0.717) is 11.1 Å². The van der Waals surface area contributed by atoms with Gasteiger partial charge < -0.3 is 20.1 Å². The van der Waals surface area contributed by atoms with Crippen molar-refractivity contribution in [2.45, 2.75) is 0 Å². The zero-order chi connectivity index (χ0) is 15.9. The molecule has 0 spiro atoms. The van der Waals surface area contributed by atoms with Crippen molar-refractivity contribution in [3.05, 3.63) is 65.9 Å². The van der Waals surface area contributed by atoms with Gasteiger partial charge in [0.25, 0.3) is 0 Å². The molecule has 2 rings (SSSR count). The van der Waals surface area contributed by atoms with E-state index in [1.54, 1.807) is 24.3 Å². The van der Waals surface area contributed by atoms with Crippen LogP contribution in [0.5, 0.6) is 17.2 Å². The largest absolute Gasteiger partial charge is 0.508 e. The average molecular weight is 298 g/mol. The number of hydrogen-bond acceptors (Lipinski definition) is 5. The van der Waals surface area contributed by atoms with Crippen LogP contribution >= 0.6 is 0 Å². The van der Waals surface area contributed by atoms with Gasteiger partial charge in [-0.2, -0.15) is 0 Å². The number of ether oxygens (including phenoxy) is 1. The van der Waals surface area contributed by atoms with Crippen molar-refractivity contribution in [1.29, 1.82) is 0 Å². The minimum atomic E-state index is -0.594. The lowest BCUT2D eigenvalue weighted by Crippen LogP contribution is -1.93. The highest BCUT2D eigenvalue weighted by Gasteiger charge is 1.99. The summed E-state index contributed by atoms with van der Waals surface area (Å²) < 4.78 is 4.86. The molecule has 0 unspecified atom stereocenters. The standard InChI is InChI=1S/C17H14O5/c18-14-3-1-2-12(10-14)8-9-22-17(21)7-5-13-4-6-15(19)16(20)11-13/h1-11,18-20H/b7-5+,9-8-. The van der Waals surface area contributed by atoms with E-state index in [1.807, 2.05) is 0 Å². The number of esters is 1. The lowest BCUT2D eigenvalue weighted by Gasteiger charge is -1.98. The van der Waals surface area contributed by atoms with Gasteiger partial charge in [-0.1, -0.05) is 18.2 Å². The summed E-state index contributed by atoms with van der Waals surface area (Å²) in [6.45, 7) is 0. The fourth-order valence-electron chi connectivity index (χ4n) is 1.66. The summed E-state index contributed by atoms with van der Waals surface area (Å²) in [4.78, 5) is 11.5. The van der Waals surface area contributed by atoms with E-state index in [0.717, 1.165) is 0 Å². The van der Waals surface area contributed by atoms with Crippen LogP contribution in [0.25, 0.3) is 12.2 Å². The molecule has 5 nitrogen and oxygen atoms in total. The highest BCUT2D eigenvalue weighted by molar-refractivity contribution is 5.87. The van der Waals surface area contributed by atoms with Gasteiger partial charge in [-0.25, -0.2) is 4.79 Å². The van der Waals surface area contributed by atoms with Crippen LogP contribution in [0.1, 0.15) is 11.1 Å². The minimum absolute atomic E-state index is 0.125. The van der Waals surface area contributed by atoms with Crippen LogP contribution in [0, 0.1) is 0 Å². The summed E-state index contributed by atoms with van der Waals surface area (Å²) in [5.41, 5.74) is 1.24. The Kier molecular flexibility index (Phi) is 4.82. The van der Waals surface area contributed by atoms with Crippen LogP contribution in [-0.4, -0.2) is 21.3 Å². The zero-order valence-electron chi connectivity index (χ0n) is 11.5. The van der Waals surface area contributed by atoms with Crippen molar-refractivity contribution in [2.75, 3.05) is 0 Å². The fraction of sp³-hybridized carbons (Fsp3) is 0. The molecule has 0 aliphatic heterocycles. The maximum absolute atomic E-state index is 11.5. The van der Waals surface area contributed by atoms with Crippen molar-refractivity contribution in [3.8, 4) is 17.2 Å². The molecule has 0 heterocycles. The molecule has 0 aromatic heterocycles. The Bertz CT molecular complexity index is 732. The molecule has 0 aliphatic carbocycles. The van der Waals surface area contributed by atoms with E-state index >= 15 is 0 Å². The first-order valence-electron chi connectivity index (χ1n) is 6.41. The molecule has 0 radical (unpaired) electrons. The molecule has 0 fully saturated rings. The van der Waals surface area contributed by atoms with E-state index < -0.39 is 5.97 Å². The number of carbonyl (C=O) groups excluding carboxylic acids is 1. The van der Waals surface area contributed by atoms with E-state index in [2.05, 4.69) is 0 Å². The van der Waals surface area contributed by atoms with E-state index in [1.165, 1.54) is 42.7 Å². The third-order valence-corrected chi connectivity index (χ3v) is 2.73. The Morgan fingerprint density at radius 3 is 2.41 bits per heavy atom. The topological polar surface area (TPSA) is 87.0 Å². The SMILES string of the molecule is O=C(/C=C/c1ccc(O)c(O)c1)O/C=C\c1cccc(O)c1. The first-order chi connectivity index (χ1) is 10.5. The smallest absolute Gasteiger partial charge is 0.335 e. The Hall–Kier alpha value is -3.21. The van der Waals surface area contributed by atoms with Gasteiger partial charge in [-0.3, -0.25) is 0 Å². The molecule has 22 heavy (non-hydrogen) atoms. The predicted octanol–water partition coefficient (Wildman–Crippen LogP) is 3.03. The van der Waals surface area contributed by atoms with E-state index in [-0.39, 0.29) is 17.2 Å². The molecular weight excluding hydrogens is 284 g/mol. The van der Waals surface area contributed by atoms with Gasteiger partial charge >= 0.3 is 5.97 Å².